The molecule has 0 saturated carbocycles. The average Bonchev–Trinajstić information content (AvgIpc) is 3.16. The molecule has 2 heterocycles. The Morgan fingerprint density at radius 1 is 1.17 bits per heavy atom. The van der Waals surface area contributed by atoms with E-state index in [0.29, 0.717) is 12.3 Å². The molecule has 23 heavy (non-hydrogen) atoms. The number of aromatic nitrogens is 1. The zero-order valence-corrected chi connectivity index (χ0v) is 13.5. The van der Waals surface area contributed by atoms with E-state index < -0.39 is 5.72 Å². The van der Waals surface area contributed by atoms with E-state index in [1.54, 1.807) is 11.8 Å². The second-order valence-corrected chi connectivity index (χ2v) is 6.90. The van der Waals surface area contributed by atoms with Crippen molar-refractivity contribution in [3.05, 3.63) is 83.5 Å². The van der Waals surface area contributed by atoms with Gasteiger partial charge in [-0.15, -0.1) is 11.8 Å². The van der Waals surface area contributed by atoms with Crippen LogP contribution in [-0.2, 0) is 12.3 Å². The summed E-state index contributed by atoms with van der Waals surface area (Å²) in [6.45, 7) is 4.77. The number of hydrogen-bond acceptors (Lipinski definition) is 3. The minimum absolute atomic E-state index is 0.599. The lowest BCUT2D eigenvalue weighted by atomic mass is 10.0. The number of rotatable bonds is 3. The molecule has 0 radical (unpaired) electrons. The summed E-state index contributed by atoms with van der Waals surface area (Å²) in [6.07, 6.45) is 1.94. The number of thioether (sulfide) groups is 1. The maximum absolute atomic E-state index is 11.3. The summed E-state index contributed by atoms with van der Waals surface area (Å²) in [6, 6.07) is 18.2. The molecular weight excluding hydrogens is 304 g/mol. The topological polar surface area (TPSA) is 39.3 Å². The summed E-state index contributed by atoms with van der Waals surface area (Å²) in [5.74, 6) is 0.599. The summed E-state index contributed by atoms with van der Waals surface area (Å²) in [5.41, 5.74) is 2.20. The molecule has 0 bridgehead atoms. The highest BCUT2D eigenvalue weighted by Gasteiger charge is 2.42. The fourth-order valence-corrected chi connectivity index (χ4v) is 4.15. The molecule has 3 aromatic rings. The fraction of sp³-hybridized carbons (Fsp3) is 0.158. The Bertz CT molecular complexity index is 858. The van der Waals surface area contributed by atoms with E-state index in [1.165, 1.54) is 5.39 Å². The molecule has 1 unspecified atom stereocenters. The number of aliphatic hydroxyl groups is 1. The van der Waals surface area contributed by atoms with Crippen molar-refractivity contribution < 1.29 is 5.11 Å². The zero-order valence-electron chi connectivity index (χ0n) is 12.7. The third kappa shape index (κ3) is 2.44. The van der Waals surface area contributed by atoms with E-state index >= 15 is 0 Å². The predicted molar refractivity (Wildman–Crippen MR) is 95.8 cm³/mol. The van der Waals surface area contributed by atoms with Crippen molar-refractivity contribution in [2.75, 3.05) is 5.75 Å². The Labute approximate surface area is 139 Å². The van der Waals surface area contributed by atoms with Gasteiger partial charge in [-0.3, -0.25) is 0 Å². The number of benzene rings is 2. The van der Waals surface area contributed by atoms with Crippen molar-refractivity contribution in [3.8, 4) is 0 Å². The summed E-state index contributed by atoms with van der Waals surface area (Å²) in [4.78, 5) is 5.21. The highest BCUT2D eigenvalue weighted by atomic mass is 32.2. The second kappa shape index (κ2) is 5.48. The van der Waals surface area contributed by atoms with Gasteiger partial charge >= 0.3 is 0 Å². The molecule has 1 saturated heterocycles. The summed E-state index contributed by atoms with van der Waals surface area (Å²) < 4.78 is 0. The van der Waals surface area contributed by atoms with Crippen molar-refractivity contribution in [1.29, 1.82) is 0 Å². The molecule has 0 spiro atoms. The van der Waals surface area contributed by atoms with Gasteiger partial charge < -0.3 is 15.0 Å². The lowest BCUT2D eigenvalue weighted by Gasteiger charge is -2.35. The van der Waals surface area contributed by atoms with Gasteiger partial charge in [0, 0.05) is 23.8 Å². The van der Waals surface area contributed by atoms with E-state index in [9.17, 15) is 5.11 Å². The van der Waals surface area contributed by atoms with Crippen molar-refractivity contribution in [1.82, 2.24) is 9.88 Å². The first-order valence-electron chi connectivity index (χ1n) is 7.60. The molecule has 1 atom stereocenters. The van der Waals surface area contributed by atoms with Crippen LogP contribution in [0.1, 0.15) is 11.1 Å². The Morgan fingerprint density at radius 3 is 2.83 bits per heavy atom. The van der Waals surface area contributed by atoms with Crippen molar-refractivity contribution in [2.45, 2.75) is 12.3 Å². The van der Waals surface area contributed by atoms with Gasteiger partial charge in [-0.05, 0) is 29.1 Å². The maximum atomic E-state index is 11.3. The molecule has 1 aliphatic rings. The molecular formula is C19H18N2OS. The number of aromatic amines is 1. The van der Waals surface area contributed by atoms with Crippen LogP contribution < -0.4 is 0 Å². The fourth-order valence-electron chi connectivity index (χ4n) is 3.09. The van der Waals surface area contributed by atoms with Gasteiger partial charge in [-0.1, -0.05) is 43.0 Å². The zero-order chi connectivity index (χ0) is 15.9. The van der Waals surface area contributed by atoms with Crippen LogP contribution in [0.2, 0.25) is 0 Å². The van der Waals surface area contributed by atoms with Gasteiger partial charge in [-0.25, -0.2) is 0 Å². The smallest absolute Gasteiger partial charge is 0.174 e. The van der Waals surface area contributed by atoms with Gasteiger partial charge in [0.05, 0.1) is 10.8 Å². The van der Waals surface area contributed by atoms with E-state index in [1.807, 2.05) is 41.4 Å². The second-order valence-electron chi connectivity index (χ2n) is 5.85. The third-order valence-electron chi connectivity index (χ3n) is 4.38. The van der Waals surface area contributed by atoms with Gasteiger partial charge in [0.1, 0.15) is 0 Å². The van der Waals surface area contributed by atoms with Crippen LogP contribution in [0.25, 0.3) is 10.9 Å². The van der Waals surface area contributed by atoms with Crippen LogP contribution in [0, 0.1) is 0 Å². The highest BCUT2D eigenvalue weighted by molar-refractivity contribution is 8.03. The summed E-state index contributed by atoms with van der Waals surface area (Å²) >= 11 is 1.61. The van der Waals surface area contributed by atoms with Crippen LogP contribution in [-0.4, -0.2) is 20.7 Å². The third-order valence-corrected chi connectivity index (χ3v) is 5.48. The van der Waals surface area contributed by atoms with Crippen molar-refractivity contribution in [3.63, 3.8) is 0 Å². The van der Waals surface area contributed by atoms with Crippen molar-refractivity contribution in [2.24, 2.45) is 0 Å². The van der Waals surface area contributed by atoms with Crippen LogP contribution >= 0.6 is 11.8 Å². The van der Waals surface area contributed by atoms with Gasteiger partial charge in [0.2, 0.25) is 0 Å². The first kappa shape index (κ1) is 14.4. The standard InChI is InChI=1S/C19H18N2OS/c1-14-21(12-15-7-8-18-16(11-15)9-10-20-18)19(22,13-23-14)17-5-3-2-4-6-17/h2-11,20,22H,1,12-13H2. The summed E-state index contributed by atoms with van der Waals surface area (Å²) in [7, 11) is 0. The van der Waals surface area contributed by atoms with E-state index in [2.05, 4.69) is 35.8 Å². The predicted octanol–water partition coefficient (Wildman–Crippen LogP) is 4.03. The molecule has 4 rings (SSSR count). The molecule has 4 heteroatoms. The molecule has 116 valence electrons. The van der Waals surface area contributed by atoms with Crippen LogP contribution in [0.15, 0.2) is 72.4 Å². The Kier molecular flexibility index (Phi) is 3.43. The highest BCUT2D eigenvalue weighted by Crippen LogP contribution is 2.44. The van der Waals surface area contributed by atoms with Gasteiger partial charge in [0.25, 0.3) is 0 Å². The van der Waals surface area contributed by atoms with Crippen LogP contribution in [0.3, 0.4) is 0 Å². The molecule has 1 aliphatic heterocycles. The van der Waals surface area contributed by atoms with E-state index in [-0.39, 0.29) is 0 Å². The normalized spacial score (nSPS) is 21.3. The number of hydrogen-bond donors (Lipinski definition) is 2. The van der Waals surface area contributed by atoms with Crippen molar-refractivity contribution >= 4 is 22.7 Å². The number of fused-ring (bicyclic) bond motifs is 1. The number of nitrogens with one attached hydrogen (secondary N) is 1. The quantitative estimate of drug-likeness (QED) is 0.764. The van der Waals surface area contributed by atoms with E-state index in [0.717, 1.165) is 21.7 Å². The first-order chi connectivity index (χ1) is 11.2. The molecule has 1 aromatic heterocycles. The van der Waals surface area contributed by atoms with E-state index in [4.69, 9.17) is 0 Å². The van der Waals surface area contributed by atoms with Gasteiger partial charge in [0.15, 0.2) is 5.72 Å². The Morgan fingerprint density at radius 2 is 2.00 bits per heavy atom. The number of nitrogens with zero attached hydrogens (tertiary/aromatic N) is 1. The van der Waals surface area contributed by atoms with Gasteiger partial charge in [-0.2, -0.15) is 0 Å². The Balaban J connectivity index is 1.69. The molecule has 3 nitrogen and oxygen atoms in total. The molecule has 2 aromatic carbocycles. The average molecular weight is 322 g/mol. The van der Waals surface area contributed by atoms with Crippen LogP contribution in [0.5, 0.6) is 0 Å². The maximum Gasteiger partial charge on any atom is 0.174 e. The SMILES string of the molecule is C=C1SCC(O)(c2ccccc2)N1Cc1ccc2[nH]ccc2c1. The lowest BCUT2D eigenvalue weighted by Crippen LogP contribution is -2.41. The molecule has 0 aliphatic carbocycles. The minimum Gasteiger partial charge on any atom is -0.366 e. The Hall–Kier alpha value is -2.17. The molecule has 2 N–H and O–H groups in total. The monoisotopic (exact) mass is 322 g/mol. The molecule has 0 amide bonds. The number of H-pyrrole nitrogens is 1. The summed E-state index contributed by atoms with van der Waals surface area (Å²) in [5, 5.41) is 13.4. The lowest BCUT2D eigenvalue weighted by molar-refractivity contribution is -0.0681. The minimum atomic E-state index is -1.00. The first-order valence-corrected chi connectivity index (χ1v) is 8.59. The largest absolute Gasteiger partial charge is 0.366 e. The molecule has 1 fully saturated rings. The van der Waals surface area contributed by atoms with Crippen LogP contribution in [0.4, 0.5) is 0 Å².